The van der Waals surface area contributed by atoms with E-state index in [0.717, 1.165) is 37.4 Å². The molecule has 0 saturated heterocycles. The lowest BCUT2D eigenvalue weighted by Crippen LogP contribution is -2.23. The van der Waals surface area contributed by atoms with Gasteiger partial charge in [0, 0.05) is 12.2 Å². The van der Waals surface area contributed by atoms with Gasteiger partial charge in [0.25, 0.3) is 0 Å². The summed E-state index contributed by atoms with van der Waals surface area (Å²) in [6, 6.07) is 12.8. The Bertz CT molecular complexity index is 649. The fourth-order valence-corrected chi connectivity index (χ4v) is 2.59. The predicted octanol–water partition coefficient (Wildman–Crippen LogP) is 5.74. The fourth-order valence-electron chi connectivity index (χ4n) is 2.59. The smallest absolute Gasteiger partial charge is 0.123 e. The van der Waals surface area contributed by atoms with Crippen molar-refractivity contribution in [2.75, 3.05) is 18.5 Å². The molecule has 0 fully saturated rings. The summed E-state index contributed by atoms with van der Waals surface area (Å²) in [5.41, 5.74) is 3.51. The highest BCUT2D eigenvalue weighted by molar-refractivity contribution is 5.43. The first kappa shape index (κ1) is 18.3. The Labute approximate surface area is 145 Å². The maximum atomic E-state index is 12.9. The number of hydrogen-bond acceptors (Lipinski definition) is 2. The second-order valence-corrected chi connectivity index (χ2v) is 7.25. The van der Waals surface area contributed by atoms with Gasteiger partial charge in [0.05, 0.1) is 6.61 Å². The molecule has 0 heterocycles. The molecule has 3 heteroatoms. The van der Waals surface area contributed by atoms with Gasteiger partial charge < -0.3 is 10.1 Å². The molecule has 2 aromatic carbocycles. The maximum absolute atomic E-state index is 12.9. The molecule has 0 spiro atoms. The molecule has 0 unspecified atom stereocenters. The molecule has 2 nitrogen and oxygen atoms in total. The first-order valence-corrected chi connectivity index (χ1v) is 8.55. The number of anilines is 1. The normalized spacial score (nSPS) is 11.4. The van der Waals surface area contributed by atoms with Crippen molar-refractivity contribution in [3.05, 3.63) is 59.4 Å². The van der Waals surface area contributed by atoms with Gasteiger partial charge >= 0.3 is 0 Å². The summed E-state index contributed by atoms with van der Waals surface area (Å²) in [5, 5.41) is 3.38. The minimum atomic E-state index is -0.205. The van der Waals surface area contributed by atoms with E-state index >= 15 is 0 Å². The lowest BCUT2D eigenvalue weighted by Gasteiger charge is -2.25. The van der Waals surface area contributed by atoms with Gasteiger partial charge in [0.2, 0.25) is 0 Å². The SMILES string of the molecule is Cc1ccc(C)c(OCCCC(C)(C)CNc2ccc(F)cc2)c1. The number of rotatable bonds is 8. The van der Waals surface area contributed by atoms with E-state index in [2.05, 4.69) is 51.2 Å². The van der Waals surface area contributed by atoms with Crippen molar-refractivity contribution in [1.82, 2.24) is 0 Å². The van der Waals surface area contributed by atoms with E-state index in [1.807, 2.05) is 0 Å². The molecule has 0 aliphatic carbocycles. The topological polar surface area (TPSA) is 21.3 Å². The number of benzene rings is 2. The van der Waals surface area contributed by atoms with E-state index in [1.54, 1.807) is 12.1 Å². The first-order valence-electron chi connectivity index (χ1n) is 8.55. The van der Waals surface area contributed by atoms with Crippen LogP contribution in [0.4, 0.5) is 10.1 Å². The average molecular weight is 329 g/mol. The van der Waals surface area contributed by atoms with Gasteiger partial charge in [-0.2, -0.15) is 0 Å². The largest absolute Gasteiger partial charge is 0.493 e. The molecular formula is C21H28FNO. The van der Waals surface area contributed by atoms with E-state index in [1.165, 1.54) is 23.3 Å². The summed E-state index contributed by atoms with van der Waals surface area (Å²) in [6.07, 6.45) is 2.07. The van der Waals surface area contributed by atoms with E-state index in [9.17, 15) is 4.39 Å². The summed E-state index contributed by atoms with van der Waals surface area (Å²) in [5.74, 6) is 0.778. The second-order valence-electron chi connectivity index (χ2n) is 7.25. The number of nitrogens with one attached hydrogen (secondary N) is 1. The Hall–Kier alpha value is -2.03. The van der Waals surface area contributed by atoms with Crippen molar-refractivity contribution in [2.45, 2.75) is 40.5 Å². The molecule has 0 radical (unpaired) electrons. The monoisotopic (exact) mass is 329 g/mol. The van der Waals surface area contributed by atoms with Gasteiger partial charge in [0.15, 0.2) is 0 Å². The maximum Gasteiger partial charge on any atom is 0.123 e. The van der Waals surface area contributed by atoms with E-state index in [-0.39, 0.29) is 11.2 Å². The lowest BCUT2D eigenvalue weighted by atomic mass is 9.88. The third kappa shape index (κ3) is 5.88. The van der Waals surface area contributed by atoms with Crippen LogP contribution >= 0.6 is 0 Å². The Kier molecular flexibility index (Phi) is 6.24. The van der Waals surface area contributed by atoms with Crippen LogP contribution < -0.4 is 10.1 Å². The van der Waals surface area contributed by atoms with Crippen molar-refractivity contribution >= 4 is 5.69 Å². The molecule has 24 heavy (non-hydrogen) atoms. The summed E-state index contributed by atoms with van der Waals surface area (Å²) >= 11 is 0. The Morgan fingerprint density at radius 2 is 1.75 bits per heavy atom. The summed E-state index contributed by atoms with van der Waals surface area (Å²) in [6.45, 7) is 10.2. The molecule has 0 aliphatic heterocycles. The Morgan fingerprint density at radius 1 is 1.04 bits per heavy atom. The molecule has 130 valence electrons. The van der Waals surface area contributed by atoms with Crippen molar-refractivity contribution < 1.29 is 9.13 Å². The van der Waals surface area contributed by atoms with Crippen molar-refractivity contribution in [3.63, 3.8) is 0 Å². The fraction of sp³-hybridized carbons (Fsp3) is 0.429. The molecule has 0 saturated carbocycles. The van der Waals surface area contributed by atoms with Crippen LogP contribution in [0.2, 0.25) is 0 Å². The zero-order valence-corrected chi connectivity index (χ0v) is 15.2. The molecule has 0 bridgehead atoms. The molecule has 0 aliphatic rings. The summed E-state index contributed by atoms with van der Waals surface area (Å²) < 4.78 is 18.8. The predicted molar refractivity (Wildman–Crippen MR) is 99.3 cm³/mol. The lowest BCUT2D eigenvalue weighted by molar-refractivity contribution is 0.263. The van der Waals surface area contributed by atoms with Gasteiger partial charge in [-0.1, -0.05) is 26.0 Å². The van der Waals surface area contributed by atoms with E-state index in [0.29, 0.717) is 0 Å². The van der Waals surface area contributed by atoms with Crippen LogP contribution in [0.3, 0.4) is 0 Å². The summed E-state index contributed by atoms with van der Waals surface area (Å²) in [7, 11) is 0. The molecule has 0 atom stereocenters. The molecule has 0 aromatic heterocycles. The third-order valence-electron chi connectivity index (χ3n) is 4.21. The van der Waals surface area contributed by atoms with Gasteiger partial charge in [-0.05, 0) is 73.6 Å². The van der Waals surface area contributed by atoms with Gasteiger partial charge in [-0.25, -0.2) is 4.39 Å². The van der Waals surface area contributed by atoms with Gasteiger partial charge in [0.1, 0.15) is 11.6 Å². The third-order valence-corrected chi connectivity index (χ3v) is 4.21. The van der Waals surface area contributed by atoms with Crippen LogP contribution in [0, 0.1) is 25.1 Å². The molecule has 0 amide bonds. The molecular weight excluding hydrogens is 301 g/mol. The van der Waals surface area contributed by atoms with Crippen LogP contribution in [0.15, 0.2) is 42.5 Å². The standard InChI is InChI=1S/C21H28FNO/c1-16-6-7-17(2)20(14-16)24-13-5-12-21(3,4)15-23-19-10-8-18(22)9-11-19/h6-11,14,23H,5,12-13,15H2,1-4H3. The second kappa shape index (κ2) is 8.18. The molecule has 2 rings (SSSR count). The zero-order valence-electron chi connectivity index (χ0n) is 15.2. The Balaban J connectivity index is 1.74. The number of ether oxygens (including phenoxy) is 1. The van der Waals surface area contributed by atoms with Crippen LogP contribution in [0.1, 0.15) is 37.8 Å². The molecule has 1 N–H and O–H groups in total. The highest BCUT2D eigenvalue weighted by Gasteiger charge is 2.17. The Morgan fingerprint density at radius 3 is 2.46 bits per heavy atom. The zero-order chi connectivity index (χ0) is 17.6. The number of halogens is 1. The van der Waals surface area contributed by atoms with Gasteiger partial charge in [-0.15, -0.1) is 0 Å². The highest BCUT2D eigenvalue weighted by Crippen LogP contribution is 2.24. The van der Waals surface area contributed by atoms with Crippen LogP contribution in [-0.2, 0) is 0 Å². The minimum absolute atomic E-state index is 0.152. The number of hydrogen-bond donors (Lipinski definition) is 1. The van der Waals surface area contributed by atoms with E-state index in [4.69, 9.17) is 4.74 Å². The van der Waals surface area contributed by atoms with Crippen LogP contribution in [0.25, 0.3) is 0 Å². The van der Waals surface area contributed by atoms with E-state index < -0.39 is 0 Å². The van der Waals surface area contributed by atoms with Crippen molar-refractivity contribution in [3.8, 4) is 5.75 Å². The summed E-state index contributed by atoms with van der Waals surface area (Å²) in [4.78, 5) is 0. The van der Waals surface area contributed by atoms with Crippen molar-refractivity contribution in [1.29, 1.82) is 0 Å². The molecule has 2 aromatic rings. The average Bonchev–Trinajstić information content (AvgIpc) is 2.54. The van der Waals surface area contributed by atoms with Crippen LogP contribution in [0.5, 0.6) is 5.75 Å². The van der Waals surface area contributed by atoms with Gasteiger partial charge in [-0.3, -0.25) is 0 Å². The highest BCUT2D eigenvalue weighted by atomic mass is 19.1. The quantitative estimate of drug-likeness (QED) is 0.624. The number of aryl methyl sites for hydroxylation is 2. The van der Waals surface area contributed by atoms with Crippen LogP contribution in [-0.4, -0.2) is 13.2 Å². The first-order chi connectivity index (χ1) is 11.4. The van der Waals surface area contributed by atoms with Crippen molar-refractivity contribution in [2.24, 2.45) is 5.41 Å². The minimum Gasteiger partial charge on any atom is -0.493 e.